The van der Waals surface area contributed by atoms with Crippen LogP contribution < -0.4 is 10.2 Å². The molecule has 7 heteroatoms. The van der Waals surface area contributed by atoms with Crippen LogP contribution in [0.2, 0.25) is 0 Å². The van der Waals surface area contributed by atoms with Crippen LogP contribution >= 0.6 is 0 Å². The van der Waals surface area contributed by atoms with E-state index in [1.807, 2.05) is 12.1 Å². The topological polar surface area (TPSA) is 87.1 Å². The third kappa shape index (κ3) is 4.00. The normalized spacial score (nSPS) is 18.7. The van der Waals surface area contributed by atoms with Gasteiger partial charge in [-0.1, -0.05) is 0 Å². The molecule has 0 bridgehead atoms. The lowest BCUT2D eigenvalue weighted by Gasteiger charge is -2.49. The van der Waals surface area contributed by atoms with E-state index in [4.69, 9.17) is 0 Å². The third-order valence-electron chi connectivity index (χ3n) is 5.59. The van der Waals surface area contributed by atoms with Gasteiger partial charge in [-0.25, -0.2) is 0 Å². The molecule has 0 spiro atoms. The van der Waals surface area contributed by atoms with E-state index in [2.05, 4.69) is 65.1 Å². The maximum Gasteiger partial charge on any atom is 0.151 e. The second-order valence-corrected chi connectivity index (χ2v) is 9.26. The van der Waals surface area contributed by atoms with E-state index in [1.54, 1.807) is 24.5 Å². The van der Waals surface area contributed by atoms with Gasteiger partial charge in [0.2, 0.25) is 0 Å². The molecule has 29 heavy (non-hydrogen) atoms. The number of nitrogens with zero attached hydrogens (tertiary/aromatic N) is 5. The van der Waals surface area contributed by atoms with E-state index in [9.17, 15) is 5.11 Å². The SMILES string of the molecule is CN(c1ccc(-c2cc3nccnc3cc2O)nn1)C1CC(C)(C)NC(C)(C)C1. The molecule has 2 aromatic heterocycles. The second kappa shape index (κ2) is 6.91. The van der Waals surface area contributed by atoms with Crippen LogP contribution in [0.5, 0.6) is 5.75 Å². The van der Waals surface area contributed by atoms with Gasteiger partial charge in [-0.05, 0) is 58.7 Å². The molecule has 0 atom stereocenters. The van der Waals surface area contributed by atoms with Gasteiger partial charge in [0.05, 0.1) is 16.7 Å². The molecule has 2 N–H and O–H groups in total. The monoisotopic (exact) mass is 392 g/mol. The fourth-order valence-electron chi connectivity index (χ4n) is 4.59. The summed E-state index contributed by atoms with van der Waals surface area (Å²) in [6.07, 6.45) is 5.30. The maximum absolute atomic E-state index is 10.4. The van der Waals surface area contributed by atoms with E-state index in [0.29, 0.717) is 28.3 Å². The number of hydrogen-bond donors (Lipinski definition) is 2. The summed E-state index contributed by atoms with van der Waals surface area (Å²) in [6.45, 7) is 8.98. The maximum atomic E-state index is 10.4. The zero-order chi connectivity index (χ0) is 20.8. The largest absolute Gasteiger partial charge is 0.507 e. The molecule has 4 rings (SSSR count). The van der Waals surface area contributed by atoms with Crippen molar-refractivity contribution < 1.29 is 5.11 Å². The van der Waals surface area contributed by atoms with Crippen molar-refractivity contribution in [3.63, 3.8) is 0 Å². The number of fused-ring (bicyclic) bond motifs is 1. The minimum atomic E-state index is 0.0615. The highest BCUT2D eigenvalue weighted by Gasteiger charge is 2.39. The highest BCUT2D eigenvalue weighted by molar-refractivity contribution is 5.84. The van der Waals surface area contributed by atoms with Gasteiger partial charge >= 0.3 is 0 Å². The van der Waals surface area contributed by atoms with Crippen molar-refractivity contribution >= 4 is 16.9 Å². The number of benzene rings is 1. The predicted octanol–water partition coefficient (Wildman–Crippen LogP) is 3.54. The summed E-state index contributed by atoms with van der Waals surface area (Å²) in [5.74, 6) is 0.947. The van der Waals surface area contributed by atoms with Crippen molar-refractivity contribution in [1.82, 2.24) is 25.5 Å². The average molecular weight is 393 g/mol. The van der Waals surface area contributed by atoms with Crippen LogP contribution in [-0.2, 0) is 0 Å². The number of rotatable bonds is 3. The van der Waals surface area contributed by atoms with Gasteiger partial charge in [0, 0.05) is 48.2 Å². The van der Waals surface area contributed by atoms with E-state index in [-0.39, 0.29) is 16.8 Å². The summed E-state index contributed by atoms with van der Waals surface area (Å²) in [5, 5.41) is 23.0. The molecule has 7 nitrogen and oxygen atoms in total. The van der Waals surface area contributed by atoms with Crippen molar-refractivity contribution in [3.05, 3.63) is 36.7 Å². The number of piperidine rings is 1. The Labute approximate surface area is 171 Å². The van der Waals surface area contributed by atoms with Crippen molar-refractivity contribution in [2.45, 2.75) is 57.7 Å². The molecule has 0 saturated carbocycles. The van der Waals surface area contributed by atoms with Gasteiger partial charge in [-0.3, -0.25) is 9.97 Å². The molecule has 1 fully saturated rings. The Morgan fingerprint density at radius 3 is 2.17 bits per heavy atom. The Morgan fingerprint density at radius 1 is 0.966 bits per heavy atom. The van der Waals surface area contributed by atoms with E-state index in [0.717, 1.165) is 18.7 Å². The lowest BCUT2D eigenvalue weighted by Crippen LogP contribution is -2.62. The fourth-order valence-corrected chi connectivity index (χ4v) is 4.59. The first kappa shape index (κ1) is 19.5. The molecule has 1 aromatic carbocycles. The summed E-state index contributed by atoms with van der Waals surface area (Å²) in [5.41, 5.74) is 2.69. The van der Waals surface area contributed by atoms with Crippen LogP contribution in [0, 0.1) is 0 Å². The Hall–Kier alpha value is -2.80. The first-order valence-electron chi connectivity index (χ1n) is 9.94. The standard InChI is InChI=1S/C22H28N6O/c1-21(2)12-14(13-22(3,4)27-21)28(5)20-7-6-16(25-26-20)15-10-17-18(11-19(15)29)24-9-8-23-17/h6-11,14,27,29H,12-13H2,1-5H3. The highest BCUT2D eigenvalue weighted by atomic mass is 16.3. The van der Waals surface area contributed by atoms with Crippen LogP contribution in [0.4, 0.5) is 5.82 Å². The van der Waals surface area contributed by atoms with Crippen LogP contribution in [0.15, 0.2) is 36.7 Å². The molecule has 0 amide bonds. The number of anilines is 1. The van der Waals surface area contributed by atoms with Crippen LogP contribution in [0.1, 0.15) is 40.5 Å². The van der Waals surface area contributed by atoms with Gasteiger partial charge in [0.1, 0.15) is 5.75 Å². The van der Waals surface area contributed by atoms with E-state index >= 15 is 0 Å². The Kier molecular flexibility index (Phi) is 4.65. The van der Waals surface area contributed by atoms with Gasteiger partial charge < -0.3 is 15.3 Å². The number of phenols is 1. The van der Waals surface area contributed by atoms with Gasteiger partial charge in [-0.15, -0.1) is 10.2 Å². The van der Waals surface area contributed by atoms with Crippen molar-refractivity contribution in [3.8, 4) is 17.0 Å². The summed E-state index contributed by atoms with van der Waals surface area (Å²) in [6, 6.07) is 7.63. The number of hydrogen-bond acceptors (Lipinski definition) is 7. The lowest BCUT2D eigenvalue weighted by atomic mass is 9.79. The van der Waals surface area contributed by atoms with Crippen LogP contribution in [0.3, 0.4) is 0 Å². The number of nitrogens with one attached hydrogen (secondary N) is 1. The average Bonchev–Trinajstić information content (AvgIpc) is 2.64. The Bertz CT molecular complexity index is 1020. The molecule has 1 saturated heterocycles. The van der Waals surface area contributed by atoms with Crippen molar-refractivity contribution in [1.29, 1.82) is 0 Å². The Morgan fingerprint density at radius 2 is 1.59 bits per heavy atom. The minimum absolute atomic E-state index is 0.0615. The van der Waals surface area contributed by atoms with Crippen LogP contribution in [0.25, 0.3) is 22.3 Å². The zero-order valence-electron chi connectivity index (χ0n) is 17.6. The highest BCUT2D eigenvalue weighted by Crippen LogP contribution is 2.34. The number of aromatic nitrogens is 4. The van der Waals surface area contributed by atoms with Gasteiger partial charge in [-0.2, -0.15) is 0 Å². The molecule has 152 valence electrons. The number of phenolic OH excluding ortho intramolecular Hbond substituents is 1. The van der Waals surface area contributed by atoms with Gasteiger partial charge in [0.25, 0.3) is 0 Å². The molecule has 3 aromatic rings. The third-order valence-corrected chi connectivity index (χ3v) is 5.59. The lowest BCUT2D eigenvalue weighted by molar-refractivity contribution is 0.160. The predicted molar refractivity (Wildman–Crippen MR) is 115 cm³/mol. The van der Waals surface area contributed by atoms with E-state index < -0.39 is 0 Å². The summed E-state index contributed by atoms with van der Waals surface area (Å²) < 4.78 is 0. The second-order valence-electron chi connectivity index (χ2n) is 9.26. The molecule has 0 aliphatic carbocycles. The van der Waals surface area contributed by atoms with Gasteiger partial charge in [0.15, 0.2) is 5.82 Å². The van der Waals surface area contributed by atoms with Crippen molar-refractivity contribution in [2.75, 3.05) is 11.9 Å². The summed E-state index contributed by atoms with van der Waals surface area (Å²) in [7, 11) is 2.08. The van der Waals surface area contributed by atoms with Crippen LogP contribution in [-0.4, -0.2) is 49.4 Å². The molecular formula is C22H28N6O. The first-order valence-corrected chi connectivity index (χ1v) is 9.94. The molecule has 0 radical (unpaired) electrons. The first-order chi connectivity index (χ1) is 13.6. The molecular weight excluding hydrogens is 364 g/mol. The Balaban J connectivity index is 1.60. The molecule has 1 aliphatic rings. The molecule has 1 aliphatic heterocycles. The molecule has 3 heterocycles. The smallest absolute Gasteiger partial charge is 0.151 e. The van der Waals surface area contributed by atoms with E-state index in [1.165, 1.54) is 0 Å². The van der Waals surface area contributed by atoms with Crippen molar-refractivity contribution in [2.24, 2.45) is 0 Å². The quantitative estimate of drug-likeness (QED) is 0.705. The summed E-state index contributed by atoms with van der Waals surface area (Å²) >= 11 is 0. The minimum Gasteiger partial charge on any atom is -0.507 e. The summed E-state index contributed by atoms with van der Waals surface area (Å²) in [4.78, 5) is 10.7. The zero-order valence-corrected chi connectivity index (χ0v) is 17.6. The fraction of sp³-hybridized carbons (Fsp3) is 0.455. The molecule has 0 unspecified atom stereocenters. The number of aromatic hydroxyl groups is 1.